The molecule has 0 saturated carbocycles. The minimum atomic E-state index is -0.00886. The number of pyridine rings is 1. The van der Waals surface area contributed by atoms with Crippen LogP contribution in [-0.2, 0) is 0 Å². The van der Waals surface area contributed by atoms with Gasteiger partial charge in [0.05, 0.1) is 18.2 Å². The highest BCUT2D eigenvalue weighted by molar-refractivity contribution is 5.39. The maximum Gasteiger partial charge on any atom is 0.126 e. The molecule has 0 aliphatic heterocycles. The number of rotatable bonds is 4. The zero-order valence-corrected chi connectivity index (χ0v) is 8.94. The van der Waals surface area contributed by atoms with Crippen molar-refractivity contribution in [3.63, 3.8) is 0 Å². The van der Waals surface area contributed by atoms with Gasteiger partial charge in [-0.15, -0.1) is 0 Å². The van der Waals surface area contributed by atoms with E-state index in [1.54, 1.807) is 12.1 Å². The molecule has 0 bridgehead atoms. The van der Waals surface area contributed by atoms with Crippen LogP contribution in [0.3, 0.4) is 0 Å². The highest BCUT2D eigenvalue weighted by Gasteiger charge is 2.11. The molecule has 0 radical (unpaired) electrons. The minimum Gasteiger partial charge on any atom is -0.394 e. The summed E-state index contributed by atoms with van der Waals surface area (Å²) in [5.41, 5.74) is 0.533. The van der Waals surface area contributed by atoms with Gasteiger partial charge in [-0.1, -0.05) is 13.8 Å². The SMILES string of the molecule is CC(C)C(CO)Nc1ccc(C#N)cn1. The van der Waals surface area contributed by atoms with E-state index in [-0.39, 0.29) is 12.6 Å². The van der Waals surface area contributed by atoms with Gasteiger partial charge in [0.2, 0.25) is 0 Å². The van der Waals surface area contributed by atoms with E-state index in [1.165, 1.54) is 6.20 Å². The van der Waals surface area contributed by atoms with Crippen molar-refractivity contribution in [1.29, 1.82) is 5.26 Å². The molecule has 0 spiro atoms. The normalized spacial score (nSPS) is 12.2. The molecule has 80 valence electrons. The van der Waals surface area contributed by atoms with Gasteiger partial charge in [0.25, 0.3) is 0 Å². The molecule has 1 atom stereocenters. The summed E-state index contributed by atoms with van der Waals surface area (Å²) in [6, 6.07) is 5.43. The fourth-order valence-electron chi connectivity index (χ4n) is 1.16. The summed E-state index contributed by atoms with van der Waals surface area (Å²) in [6.07, 6.45) is 1.51. The zero-order chi connectivity index (χ0) is 11.3. The molecular formula is C11H15N3O. The Labute approximate surface area is 89.6 Å². The van der Waals surface area contributed by atoms with Crippen LogP contribution in [0.5, 0.6) is 0 Å². The van der Waals surface area contributed by atoms with E-state index < -0.39 is 0 Å². The van der Waals surface area contributed by atoms with Crippen LogP contribution in [0.2, 0.25) is 0 Å². The third kappa shape index (κ3) is 3.22. The van der Waals surface area contributed by atoms with Gasteiger partial charge in [-0.3, -0.25) is 0 Å². The summed E-state index contributed by atoms with van der Waals surface area (Å²) < 4.78 is 0. The quantitative estimate of drug-likeness (QED) is 0.779. The molecule has 0 saturated heterocycles. The molecule has 1 unspecified atom stereocenters. The van der Waals surface area contributed by atoms with Crippen LogP contribution in [0.25, 0.3) is 0 Å². The molecule has 0 aliphatic carbocycles. The number of aliphatic hydroxyl groups excluding tert-OH is 1. The second kappa shape index (κ2) is 5.32. The van der Waals surface area contributed by atoms with Crippen LogP contribution in [0.4, 0.5) is 5.82 Å². The molecule has 0 fully saturated rings. The van der Waals surface area contributed by atoms with Gasteiger partial charge >= 0.3 is 0 Å². The first-order chi connectivity index (χ1) is 7.17. The predicted octanol–water partition coefficient (Wildman–Crippen LogP) is 1.38. The monoisotopic (exact) mass is 205 g/mol. The summed E-state index contributed by atoms with van der Waals surface area (Å²) in [7, 11) is 0. The van der Waals surface area contributed by atoms with Crippen LogP contribution in [0, 0.1) is 17.2 Å². The predicted molar refractivity (Wildman–Crippen MR) is 58.3 cm³/mol. The van der Waals surface area contributed by atoms with Crippen molar-refractivity contribution < 1.29 is 5.11 Å². The number of nitrogens with one attached hydrogen (secondary N) is 1. The van der Waals surface area contributed by atoms with Gasteiger partial charge in [0.15, 0.2) is 0 Å². The second-order valence-corrected chi connectivity index (χ2v) is 3.72. The largest absolute Gasteiger partial charge is 0.394 e. The van der Waals surface area contributed by atoms with E-state index in [1.807, 2.05) is 19.9 Å². The van der Waals surface area contributed by atoms with Crippen molar-refractivity contribution >= 4 is 5.82 Å². The number of hydrogen-bond acceptors (Lipinski definition) is 4. The molecule has 2 N–H and O–H groups in total. The van der Waals surface area contributed by atoms with Gasteiger partial charge in [-0.2, -0.15) is 5.26 Å². The van der Waals surface area contributed by atoms with Crippen molar-refractivity contribution in [2.75, 3.05) is 11.9 Å². The van der Waals surface area contributed by atoms with E-state index in [2.05, 4.69) is 10.3 Å². The highest BCUT2D eigenvalue weighted by atomic mass is 16.3. The van der Waals surface area contributed by atoms with Crippen LogP contribution in [-0.4, -0.2) is 22.7 Å². The highest BCUT2D eigenvalue weighted by Crippen LogP contribution is 2.10. The molecule has 0 aliphatic rings. The van der Waals surface area contributed by atoms with E-state index in [0.717, 1.165) is 0 Å². The van der Waals surface area contributed by atoms with E-state index >= 15 is 0 Å². The van der Waals surface area contributed by atoms with Crippen molar-refractivity contribution in [3.8, 4) is 6.07 Å². The summed E-state index contributed by atoms with van der Waals surface area (Å²) in [5, 5.41) is 20.8. The number of aliphatic hydroxyl groups is 1. The average Bonchev–Trinajstić information content (AvgIpc) is 2.26. The van der Waals surface area contributed by atoms with Crippen LogP contribution in [0.15, 0.2) is 18.3 Å². The maximum atomic E-state index is 9.12. The van der Waals surface area contributed by atoms with Crippen LogP contribution < -0.4 is 5.32 Å². The molecule has 1 rings (SSSR count). The molecule has 4 heteroatoms. The van der Waals surface area contributed by atoms with Crippen LogP contribution in [0.1, 0.15) is 19.4 Å². The fourth-order valence-corrected chi connectivity index (χ4v) is 1.16. The lowest BCUT2D eigenvalue weighted by Crippen LogP contribution is -2.29. The summed E-state index contributed by atoms with van der Waals surface area (Å²) >= 11 is 0. The van der Waals surface area contributed by atoms with E-state index in [9.17, 15) is 0 Å². The number of hydrogen-bond donors (Lipinski definition) is 2. The number of aromatic nitrogens is 1. The summed E-state index contributed by atoms with van der Waals surface area (Å²) in [4.78, 5) is 4.07. The Kier molecular flexibility index (Phi) is 4.07. The first-order valence-corrected chi connectivity index (χ1v) is 4.91. The number of anilines is 1. The van der Waals surface area contributed by atoms with Gasteiger partial charge < -0.3 is 10.4 Å². The van der Waals surface area contributed by atoms with Gasteiger partial charge in [-0.25, -0.2) is 4.98 Å². The second-order valence-electron chi connectivity index (χ2n) is 3.72. The van der Waals surface area contributed by atoms with Gasteiger partial charge in [-0.05, 0) is 18.1 Å². The first-order valence-electron chi connectivity index (χ1n) is 4.91. The first kappa shape index (κ1) is 11.5. The Bertz CT molecular complexity index is 340. The third-order valence-electron chi connectivity index (χ3n) is 2.23. The van der Waals surface area contributed by atoms with Crippen molar-refractivity contribution in [2.45, 2.75) is 19.9 Å². The number of nitriles is 1. The van der Waals surface area contributed by atoms with Crippen molar-refractivity contribution in [1.82, 2.24) is 4.98 Å². The van der Waals surface area contributed by atoms with E-state index in [4.69, 9.17) is 10.4 Å². The standard InChI is InChI=1S/C11H15N3O/c1-8(2)10(7-15)14-11-4-3-9(5-12)6-13-11/h3-4,6,8,10,15H,7H2,1-2H3,(H,13,14). The molecule has 4 nitrogen and oxygen atoms in total. The van der Waals surface area contributed by atoms with Gasteiger partial charge in [0, 0.05) is 6.20 Å². The summed E-state index contributed by atoms with van der Waals surface area (Å²) in [5.74, 6) is 1.01. The molecule has 1 aromatic heterocycles. The lowest BCUT2D eigenvalue weighted by Gasteiger charge is -2.20. The number of nitrogens with zero attached hydrogens (tertiary/aromatic N) is 2. The topological polar surface area (TPSA) is 68.9 Å². The maximum absolute atomic E-state index is 9.12. The molecule has 1 heterocycles. The molecular weight excluding hydrogens is 190 g/mol. The Hall–Kier alpha value is -1.60. The Morgan fingerprint density at radius 3 is 2.67 bits per heavy atom. The average molecular weight is 205 g/mol. The Balaban J connectivity index is 2.68. The lowest BCUT2D eigenvalue weighted by atomic mass is 10.1. The lowest BCUT2D eigenvalue weighted by molar-refractivity contribution is 0.249. The molecule has 15 heavy (non-hydrogen) atoms. The Morgan fingerprint density at radius 1 is 1.53 bits per heavy atom. The van der Waals surface area contributed by atoms with Gasteiger partial charge in [0.1, 0.15) is 11.9 Å². The molecule has 1 aromatic rings. The van der Waals surface area contributed by atoms with Crippen molar-refractivity contribution in [3.05, 3.63) is 23.9 Å². The third-order valence-corrected chi connectivity index (χ3v) is 2.23. The molecule has 0 amide bonds. The van der Waals surface area contributed by atoms with Crippen LogP contribution >= 0.6 is 0 Å². The van der Waals surface area contributed by atoms with E-state index in [0.29, 0.717) is 17.3 Å². The summed E-state index contributed by atoms with van der Waals surface area (Å²) in [6.45, 7) is 4.12. The fraction of sp³-hybridized carbons (Fsp3) is 0.455. The Morgan fingerprint density at radius 2 is 2.27 bits per heavy atom. The zero-order valence-electron chi connectivity index (χ0n) is 8.94. The smallest absolute Gasteiger partial charge is 0.126 e. The van der Waals surface area contributed by atoms with Crippen molar-refractivity contribution in [2.24, 2.45) is 5.92 Å². The minimum absolute atomic E-state index is 0.00886. The molecule has 0 aromatic carbocycles.